The fourth-order valence-corrected chi connectivity index (χ4v) is 3.96. The molecule has 212 valence electrons. The number of ketones is 2. The molecule has 0 heterocycles. The van der Waals surface area contributed by atoms with Gasteiger partial charge in [-0.25, -0.2) is 0 Å². The minimum Gasteiger partial charge on any atom is -0.481 e. The van der Waals surface area contributed by atoms with E-state index in [0.29, 0.717) is 11.1 Å². The van der Waals surface area contributed by atoms with Gasteiger partial charge in [0.2, 0.25) is 11.8 Å². The highest BCUT2D eigenvalue weighted by atomic mass is 16.4. The number of nitrogens with one attached hydrogen (secondary N) is 2. The molecule has 2 aromatic rings. The van der Waals surface area contributed by atoms with Crippen LogP contribution < -0.4 is 21.6 Å². The van der Waals surface area contributed by atoms with E-state index in [1.54, 1.807) is 24.3 Å². The summed E-state index contributed by atoms with van der Waals surface area (Å²) in [5, 5.41) is 51.4. The van der Waals surface area contributed by atoms with Crippen molar-refractivity contribution in [2.75, 3.05) is 0 Å². The molecule has 2 rings (SSSR count). The monoisotopic (exact) mass is 554 g/mol. The van der Waals surface area contributed by atoms with E-state index in [4.69, 9.17) is 10.0 Å². The lowest BCUT2D eigenvalue weighted by molar-refractivity contribution is -0.146. The first kappa shape index (κ1) is 32.4. The predicted octanol–water partition coefficient (Wildman–Crippen LogP) is -2.19. The number of hydrogen-bond donors (Lipinski definition) is 7. The predicted molar refractivity (Wildman–Crippen MR) is 145 cm³/mol. The number of carbonyl (C=O) groups excluding carboxylic acids is 4. The molecule has 2 amide bonds. The first-order chi connectivity index (χ1) is 18.8. The molecule has 2 aromatic carbocycles. The second-order valence-corrected chi connectivity index (χ2v) is 9.42. The van der Waals surface area contributed by atoms with Crippen LogP contribution in [0.1, 0.15) is 43.7 Å². The minimum atomic E-state index is -1.66. The highest BCUT2D eigenvalue weighted by Gasteiger charge is 2.30. The van der Waals surface area contributed by atoms with Crippen LogP contribution in [0.25, 0.3) is 0 Å². The molecule has 0 fully saturated rings. The zero-order chi connectivity index (χ0) is 29.8. The molecule has 0 unspecified atom stereocenters. The summed E-state index contributed by atoms with van der Waals surface area (Å²) in [5.74, 6) is -5.03. The lowest BCUT2D eigenvalue weighted by Crippen LogP contribution is -2.44. The molecule has 0 radical (unpaired) electrons. The molecule has 0 saturated heterocycles. The second-order valence-electron chi connectivity index (χ2n) is 9.42. The Bertz CT molecular complexity index is 1200. The summed E-state index contributed by atoms with van der Waals surface area (Å²) in [7, 11) is -3.29. The normalized spacial score (nSPS) is 12.1. The van der Waals surface area contributed by atoms with Gasteiger partial charge in [-0.15, -0.1) is 0 Å². The fourth-order valence-electron chi connectivity index (χ4n) is 3.96. The van der Waals surface area contributed by atoms with Crippen LogP contribution in [-0.2, 0) is 36.9 Å². The first-order valence-corrected chi connectivity index (χ1v) is 12.6. The number of carbonyl (C=O) groups is 5. The molecule has 14 heteroatoms. The summed E-state index contributed by atoms with van der Waals surface area (Å²) >= 11 is 0. The molecule has 7 N–H and O–H groups in total. The smallest absolute Gasteiger partial charge is 0.481 e. The number of carboxylic acid groups (broad SMARTS) is 1. The maximum absolute atomic E-state index is 12.9. The van der Waals surface area contributed by atoms with E-state index in [1.807, 2.05) is 0 Å². The molecule has 0 bridgehead atoms. The third kappa shape index (κ3) is 11.1. The van der Waals surface area contributed by atoms with E-state index in [9.17, 15) is 39.1 Å². The van der Waals surface area contributed by atoms with E-state index in [2.05, 4.69) is 10.6 Å². The topological polar surface area (TPSA) is 211 Å². The van der Waals surface area contributed by atoms with Gasteiger partial charge in [-0.2, -0.15) is 0 Å². The van der Waals surface area contributed by atoms with Gasteiger partial charge in [0, 0.05) is 32.7 Å². The van der Waals surface area contributed by atoms with E-state index < -0.39 is 74.8 Å². The van der Waals surface area contributed by atoms with Crippen molar-refractivity contribution in [2.45, 2.75) is 51.6 Å². The summed E-state index contributed by atoms with van der Waals surface area (Å²) in [6.45, 7) is 1.21. The van der Waals surface area contributed by atoms with Crippen LogP contribution in [0.5, 0.6) is 0 Å². The van der Waals surface area contributed by atoms with Gasteiger partial charge in [-0.1, -0.05) is 48.5 Å². The summed E-state index contributed by atoms with van der Waals surface area (Å²) in [5.41, 5.74) is 1.82. The molecule has 12 nitrogen and oxygen atoms in total. The summed E-state index contributed by atoms with van der Waals surface area (Å²) in [6, 6.07) is 11.1. The Balaban J connectivity index is 1.95. The maximum Gasteiger partial charge on any atom is 0.488 e. The molecular weight excluding hydrogens is 522 g/mol. The quantitative estimate of drug-likeness (QED) is 0.111. The van der Waals surface area contributed by atoms with E-state index in [1.165, 1.54) is 24.3 Å². The number of Topliss-reactive ketones (excluding diaryl/α,β-unsaturated/α-hetero) is 2. The van der Waals surface area contributed by atoms with Gasteiger partial charge < -0.3 is 35.8 Å². The first-order valence-electron chi connectivity index (χ1n) is 12.6. The zero-order valence-corrected chi connectivity index (χ0v) is 21.9. The van der Waals surface area contributed by atoms with Gasteiger partial charge in [0.05, 0.1) is 18.4 Å². The van der Waals surface area contributed by atoms with Crippen molar-refractivity contribution in [1.29, 1.82) is 0 Å². The zero-order valence-electron chi connectivity index (χ0n) is 21.9. The van der Waals surface area contributed by atoms with E-state index in [-0.39, 0.29) is 30.3 Å². The van der Waals surface area contributed by atoms with Crippen LogP contribution in [0, 0.1) is 5.92 Å². The standard InChI is InChI=1S/C26H32B2N2O10/c1-16(31)30-23(14-25(34)29-15-18-5-8-20(9-6-18)27(37)38)24(33)13-19(26(35)36)12-22(32)10-7-17-3-2-4-21(11-17)28(39)40/h2-6,8-9,11,19,23,37-40H,7,10,12-15H2,1H3,(H,29,34)(H,30,31)(H,35,36)/t19-,23+/m1/s1. The Kier molecular flexibility index (Phi) is 12.7. The van der Waals surface area contributed by atoms with Gasteiger partial charge in [-0.05, 0) is 28.5 Å². The molecule has 2 atom stereocenters. The Hall–Kier alpha value is -3.84. The number of aliphatic carboxylic acids is 1. The average molecular weight is 554 g/mol. The van der Waals surface area contributed by atoms with Crippen molar-refractivity contribution in [3.05, 3.63) is 59.7 Å². The molecule has 0 saturated carbocycles. The van der Waals surface area contributed by atoms with E-state index >= 15 is 0 Å². The van der Waals surface area contributed by atoms with Crippen molar-refractivity contribution < 1.29 is 49.2 Å². The van der Waals surface area contributed by atoms with Gasteiger partial charge in [-0.3, -0.25) is 24.0 Å². The van der Waals surface area contributed by atoms with Crippen LogP contribution in [-0.4, -0.2) is 74.8 Å². The number of carboxylic acids is 1. The number of aryl methyl sites for hydroxylation is 1. The highest BCUT2D eigenvalue weighted by Crippen LogP contribution is 2.16. The molecule has 0 aliphatic heterocycles. The molecular formula is C26H32B2N2O10. The van der Waals surface area contributed by atoms with Crippen molar-refractivity contribution >= 4 is 54.5 Å². The average Bonchev–Trinajstić information content (AvgIpc) is 2.90. The van der Waals surface area contributed by atoms with Crippen LogP contribution >= 0.6 is 0 Å². The Morgan fingerprint density at radius 1 is 0.825 bits per heavy atom. The molecule has 0 aromatic heterocycles. The second kappa shape index (κ2) is 15.7. The van der Waals surface area contributed by atoms with Crippen LogP contribution in [0.4, 0.5) is 0 Å². The van der Waals surface area contributed by atoms with Gasteiger partial charge in [0.25, 0.3) is 0 Å². The highest BCUT2D eigenvalue weighted by molar-refractivity contribution is 6.58. The third-order valence-electron chi connectivity index (χ3n) is 6.14. The SMILES string of the molecule is CC(=O)N[C@@H](CC(=O)NCc1ccc(B(O)O)cc1)C(=O)C[C@@H](CC(=O)CCc1cccc(B(O)O)c1)C(=O)O. The number of amides is 2. The molecule has 0 aliphatic rings. The minimum absolute atomic E-state index is 0.0290. The van der Waals surface area contributed by atoms with Crippen molar-refractivity contribution in [3.8, 4) is 0 Å². The lowest BCUT2D eigenvalue weighted by Gasteiger charge is -2.19. The largest absolute Gasteiger partial charge is 0.488 e. The van der Waals surface area contributed by atoms with Crippen molar-refractivity contribution in [3.63, 3.8) is 0 Å². The van der Waals surface area contributed by atoms with Gasteiger partial charge in [0.15, 0.2) is 5.78 Å². The Morgan fingerprint density at radius 2 is 1.48 bits per heavy atom. The van der Waals surface area contributed by atoms with Crippen molar-refractivity contribution in [1.82, 2.24) is 10.6 Å². The number of hydrogen-bond acceptors (Lipinski definition) is 9. The fraction of sp³-hybridized carbons (Fsp3) is 0.346. The van der Waals surface area contributed by atoms with Crippen LogP contribution in [0.3, 0.4) is 0 Å². The number of rotatable bonds is 16. The number of benzene rings is 2. The molecule has 0 aliphatic carbocycles. The molecule has 0 spiro atoms. The summed E-state index contributed by atoms with van der Waals surface area (Å²) in [6.07, 6.45) is -1.24. The van der Waals surface area contributed by atoms with Crippen LogP contribution in [0.2, 0.25) is 0 Å². The van der Waals surface area contributed by atoms with Gasteiger partial charge in [0.1, 0.15) is 5.78 Å². The summed E-state index contributed by atoms with van der Waals surface area (Å²) < 4.78 is 0. The van der Waals surface area contributed by atoms with Gasteiger partial charge >= 0.3 is 20.2 Å². The van der Waals surface area contributed by atoms with Crippen molar-refractivity contribution in [2.24, 2.45) is 5.92 Å². The van der Waals surface area contributed by atoms with E-state index in [0.717, 1.165) is 6.92 Å². The summed E-state index contributed by atoms with van der Waals surface area (Å²) in [4.78, 5) is 61.3. The Morgan fingerprint density at radius 3 is 2.05 bits per heavy atom. The maximum atomic E-state index is 12.9. The van der Waals surface area contributed by atoms with Crippen LogP contribution in [0.15, 0.2) is 48.5 Å². The lowest BCUT2D eigenvalue weighted by atomic mass is 9.79. The third-order valence-corrected chi connectivity index (χ3v) is 6.14. The molecule has 40 heavy (non-hydrogen) atoms. The Labute approximate surface area is 231 Å².